The Bertz CT molecular complexity index is 417. The summed E-state index contributed by atoms with van der Waals surface area (Å²) in [5.41, 5.74) is 7.79. The summed E-state index contributed by atoms with van der Waals surface area (Å²) in [4.78, 5) is 7.52. The second-order valence-electron chi connectivity index (χ2n) is 3.17. The Kier molecular flexibility index (Phi) is 2.02. The van der Waals surface area contributed by atoms with E-state index in [1.807, 2.05) is 18.5 Å². The van der Waals surface area contributed by atoms with Crippen molar-refractivity contribution in [3.63, 3.8) is 0 Å². The van der Waals surface area contributed by atoms with Gasteiger partial charge in [-0.3, -0.25) is 4.98 Å². The van der Waals surface area contributed by atoms with E-state index in [2.05, 4.69) is 16.9 Å². The molecule has 0 saturated carbocycles. The van der Waals surface area contributed by atoms with Crippen molar-refractivity contribution in [3.8, 4) is 0 Å². The maximum atomic E-state index is 5.52. The molecule has 0 spiro atoms. The lowest BCUT2D eigenvalue weighted by Gasteiger charge is -2.00. The maximum Gasteiger partial charge on any atom is 0.0512 e. The van der Waals surface area contributed by atoms with E-state index >= 15 is 0 Å². The highest BCUT2D eigenvalue weighted by Crippen LogP contribution is 2.20. The number of hydrogen-bond acceptors (Lipinski definition) is 2. The molecule has 0 bridgehead atoms. The number of H-pyrrole nitrogens is 1. The predicted octanol–water partition coefficient (Wildman–Crippen LogP) is 1.37. The molecule has 0 fully saturated rings. The molecular formula is C10H13N3. The smallest absolute Gasteiger partial charge is 0.0512 e. The molecule has 0 aliphatic heterocycles. The first-order valence-electron chi connectivity index (χ1n) is 4.44. The van der Waals surface area contributed by atoms with E-state index < -0.39 is 0 Å². The van der Waals surface area contributed by atoms with Gasteiger partial charge >= 0.3 is 0 Å². The van der Waals surface area contributed by atoms with Gasteiger partial charge in [0.15, 0.2) is 0 Å². The molecule has 0 radical (unpaired) electrons. The molecule has 0 atom stereocenters. The van der Waals surface area contributed by atoms with Crippen molar-refractivity contribution in [2.45, 2.75) is 13.3 Å². The number of aromatic nitrogens is 2. The van der Waals surface area contributed by atoms with Gasteiger partial charge in [-0.1, -0.05) is 0 Å². The minimum absolute atomic E-state index is 0.650. The van der Waals surface area contributed by atoms with Crippen LogP contribution in [0.5, 0.6) is 0 Å². The summed E-state index contributed by atoms with van der Waals surface area (Å²) in [6, 6.07) is 2.01. The quantitative estimate of drug-likeness (QED) is 0.724. The molecule has 2 heterocycles. The van der Waals surface area contributed by atoms with Crippen molar-refractivity contribution in [1.29, 1.82) is 0 Å². The maximum absolute atomic E-state index is 5.52. The number of pyridine rings is 1. The number of rotatable bonds is 2. The number of nitrogens with zero attached hydrogens (tertiary/aromatic N) is 1. The summed E-state index contributed by atoms with van der Waals surface area (Å²) in [5.74, 6) is 0. The van der Waals surface area contributed by atoms with Gasteiger partial charge in [0.1, 0.15) is 0 Å². The zero-order valence-electron chi connectivity index (χ0n) is 7.67. The molecule has 0 aromatic carbocycles. The largest absolute Gasteiger partial charge is 0.364 e. The Hall–Kier alpha value is -1.35. The summed E-state index contributed by atoms with van der Waals surface area (Å²) in [7, 11) is 0. The molecule has 0 saturated heterocycles. The third-order valence-electron chi connectivity index (χ3n) is 2.26. The fraction of sp³-hybridized carbons (Fsp3) is 0.300. The van der Waals surface area contributed by atoms with Crippen LogP contribution in [0.4, 0.5) is 0 Å². The van der Waals surface area contributed by atoms with Crippen LogP contribution < -0.4 is 5.73 Å². The van der Waals surface area contributed by atoms with E-state index in [0.717, 1.165) is 12.1 Å². The van der Waals surface area contributed by atoms with Crippen molar-refractivity contribution in [2.75, 3.05) is 6.54 Å². The molecule has 2 aromatic heterocycles. The number of fused-ring (bicyclic) bond motifs is 1. The van der Waals surface area contributed by atoms with Crippen molar-refractivity contribution < 1.29 is 0 Å². The van der Waals surface area contributed by atoms with Crippen molar-refractivity contribution in [1.82, 2.24) is 9.97 Å². The van der Waals surface area contributed by atoms with Crippen molar-refractivity contribution in [3.05, 3.63) is 29.8 Å². The van der Waals surface area contributed by atoms with Crippen LogP contribution in [0.25, 0.3) is 10.8 Å². The van der Waals surface area contributed by atoms with Gasteiger partial charge in [0, 0.05) is 35.3 Å². The van der Waals surface area contributed by atoms with Crippen LogP contribution >= 0.6 is 0 Å². The number of nitrogens with two attached hydrogens (primary N) is 1. The summed E-state index contributed by atoms with van der Waals surface area (Å²) in [6.07, 6.45) is 4.68. The van der Waals surface area contributed by atoms with Crippen LogP contribution in [0.2, 0.25) is 0 Å². The highest BCUT2D eigenvalue weighted by atomic mass is 14.7. The monoisotopic (exact) mass is 175 g/mol. The fourth-order valence-electron chi connectivity index (χ4n) is 1.66. The lowest BCUT2D eigenvalue weighted by Crippen LogP contribution is -2.04. The Balaban J connectivity index is 2.65. The molecule has 2 rings (SSSR count). The van der Waals surface area contributed by atoms with E-state index in [9.17, 15) is 0 Å². The second-order valence-corrected chi connectivity index (χ2v) is 3.17. The summed E-state index contributed by atoms with van der Waals surface area (Å²) in [5, 5.41) is 2.45. The van der Waals surface area contributed by atoms with Gasteiger partial charge in [-0.05, 0) is 19.5 Å². The van der Waals surface area contributed by atoms with Crippen LogP contribution in [0.1, 0.15) is 11.4 Å². The van der Waals surface area contributed by atoms with Crippen molar-refractivity contribution >= 4 is 10.8 Å². The highest BCUT2D eigenvalue weighted by molar-refractivity contribution is 5.86. The molecule has 0 aliphatic carbocycles. The molecule has 2 aromatic rings. The molecular weight excluding hydrogens is 162 g/mol. The summed E-state index contributed by atoms with van der Waals surface area (Å²) < 4.78 is 0. The number of nitrogens with one attached hydrogen (secondary N) is 1. The average Bonchev–Trinajstić information content (AvgIpc) is 2.50. The van der Waals surface area contributed by atoms with Crippen LogP contribution in [0.15, 0.2) is 18.5 Å². The molecule has 3 heteroatoms. The third-order valence-corrected chi connectivity index (χ3v) is 2.26. The van der Waals surface area contributed by atoms with Crippen LogP contribution in [0, 0.1) is 6.92 Å². The molecule has 0 unspecified atom stereocenters. The summed E-state index contributed by atoms with van der Waals surface area (Å²) >= 11 is 0. The topological polar surface area (TPSA) is 54.7 Å². The Morgan fingerprint density at radius 1 is 1.54 bits per heavy atom. The molecule has 13 heavy (non-hydrogen) atoms. The zero-order valence-corrected chi connectivity index (χ0v) is 7.67. The lowest BCUT2D eigenvalue weighted by atomic mass is 10.1. The van der Waals surface area contributed by atoms with Gasteiger partial charge in [-0.15, -0.1) is 0 Å². The van der Waals surface area contributed by atoms with Crippen LogP contribution in [-0.4, -0.2) is 16.5 Å². The summed E-state index contributed by atoms with van der Waals surface area (Å²) in [6.45, 7) is 2.71. The minimum atomic E-state index is 0.650. The first kappa shape index (κ1) is 8.26. The Morgan fingerprint density at radius 2 is 2.38 bits per heavy atom. The van der Waals surface area contributed by atoms with Gasteiger partial charge < -0.3 is 10.7 Å². The van der Waals surface area contributed by atoms with E-state index in [0.29, 0.717) is 6.54 Å². The highest BCUT2D eigenvalue weighted by Gasteiger charge is 2.05. The zero-order chi connectivity index (χ0) is 9.26. The van der Waals surface area contributed by atoms with Crippen LogP contribution in [-0.2, 0) is 6.42 Å². The fourth-order valence-corrected chi connectivity index (χ4v) is 1.66. The molecule has 3 nitrogen and oxygen atoms in total. The second kappa shape index (κ2) is 3.18. The van der Waals surface area contributed by atoms with Gasteiger partial charge in [0.2, 0.25) is 0 Å². The van der Waals surface area contributed by atoms with Crippen LogP contribution in [0.3, 0.4) is 0 Å². The normalized spacial score (nSPS) is 10.9. The van der Waals surface area contributed by atoms with Crippen molar-refractivity contribution in [2.24, 2.45) is 5.73 Å². The van der Waals surface area contributed by atoms with Gasteiger partial charge in [-0.25, -0.2) is 0 Å². The van der Waals surface area contributed by atoms with E-state index in [4.69, 9.17) is 5.73 Å². The molecule has 0 aliphatic rings. The predicted molar refractivity (Wildman–Crippen MR) is 53.6 cm³/mol. The number of aryl methyl sites for hydroxylation is 1. The molecule has 0 amide bonds. The van der Waals surface area contributed by atoms with E-state index in [1.165, 1.54) is 16.5 Å². The lowest BCUT2D eigenvalue weighted by molar-refractivity contribution is 0.934. The number of hydrogen-bond donors (Lipinski definition) is 2. The van der Waals surface area contributed by atoms with E-state index in [1.54, 1.807) is 0 Å². The van der Waals surface area contributed by atoms with Gasteiger partial charge in [-0.2, -0.15) is 0 Å². The number of aromatic amines is 1. The Labute approximate surface area is 77.0 Å². The van der Waals surface area contributed by atoms with Gasteiger partial charge in [0.25, 0.3) is 0 Å². The standard InChI is InChI=1S/C10H13N3/c1-7-10-8(6-13-7)3-5-12-9(10)2-4-11/h3,5-6,13H,2,4,11H2,1H3. The molecule has 68 valence electrons. The SMILES string of the molecule is Cc1[nH]cc2ccnc(CCN)c12. The first-order chi connectivity index (χ1) is 6.33. The third kappa shape index (κ3) is 1.31. The van der Waals surface area contributed by atoms with Gasteiger partial charge in [0.05, 0.1) is 5.69 Å². The minimum Gasteiger partial charge on any atom is -0.364 e. The molecule has 3 N–H and O–H groups in total. The Morgan fingerprint density at radius 3 is 3.15 bits per heavy atom. The first-order valence-corrected chi connectivity index (χ1v) is 4.44. The average molecular weight is 175 g/mol. The van der Waals surface area contributed by atoms with E-state index in [-0.39, 0.29) is 0 Å².